The minimum atomic E-state index is -0.208. The summed E-state index contributed by atoms with van der Waals surface area (Å²) in [6.45, 7) is 1.20. The largest absolute Gasteiger partial charge is 0.496 e. The number of benzene rings is 1. The van der Waals surface area contributed by atoms with Crippen LogP contribution in [0.15, 0.2) is 12.1 Å². The van der Waals surface area contributed by atoms with E-state index in [1.807, 2.05) is 0 Å². The molecule has 0 saturated carbocycles. The van der Waals surface area contributed by atoms with Crippen LogP contribution in [0.1, 0.15) is 23.2 Å². The smallest absolute Gasteiger partial charge is 0.255 e. The van der Waals surface area contributed by atoms with E-state index in [9.17, 15) is 4.79 Å². The van der Waals surface area contributed by atoms with E-state index in [1.165, 1.54) is 21.3 Å². The van der Waals surface area contributed by atoms with E-state index in [0.717, 1.165) is 12.8 Å². The molecule has 0 spiro atoms. The average Bonchev–Trinajstić information content (AvgIpc) is 2.49. The number of rotatable bonds is 8. The molecule has 0 aliphatic carbocycles. The number of nitrogens with two attached hydrogens (primary N) is 1. The van der Waals surface area contributed by atoms with Crippen molar-refractivity contribution >= 4 is 5.91 Å². The van der Waals surface area contributed by atoms with Crippen LogP contribution in [0.25, 0.3) is 0 Å². The zero-order chi connectivity index (χ0) is 15.0. The molecule has 0 aliphatic rings. The van der Waals surface area contributed by atoms with Crippen LogP contribution in [-0.4, -0.2) is 40.3 Å². The third-order valence-corrected chi connectivity index (χ3v) is 2.87. The number of carbonyl (C=O) groups excluding carboxylic acids is 1. The molecule has 0 radical (unpaired) electrons. The molecular formula is C14H22N2O4. The fourth-order valence-corrected chi connectivity index (χ4v) is 1.77. The Morgan fingerprint density at radius 3 is 2.20 bits per heavy atom. The quantitative estimate of drug-likeness (QED) is 0.700. The Hall–Kier alpha value is -1.95. The molecule has 3 N–H and O–H groups in total. The van der Waals surface area contributed by atoms with Crippen molar-refractivity contribution in [3.63, 3.8) is 0 Å². The van der Waals surface area contributed by atoms with Crippen molar-refractivity contribution in [1.82, 2.24) is 5.32 Å². The maximum atomic E-state index is 12.1. The molecule has 6 heteroatoms. The first-order valence-corrected chi connectivity index (χ1v) is 6.46. The number of carbonyl (C=O) groups is 1. The van der Waals surface area contributed by atoms with Gasteiger partial charge in [0.2, 0.25) is 0 Å². The second kappa shape index (κ2) is 8.27. The lowest BCUT2D eigenvalue weighted by molar-refractivity contribution is 0.0949. The van der Waals surface area contributed by atoms with Gasteiger partial charge in [-0.1, -0.05) is 0 Å². The number of methoxy groups -OCH3 is 3. The van der Waals surface area contributed by atoms with Gasteiger partial charge in [-0.25, -0.2) is 0 Å². The summed E-state index contributed by atoms with van der Waals surface area (Å²) in [5.41, 5.74) is 5.82. The van der Waals surface area contributed by atoms with Gasteiger partial charge in [0.25, 0.3) is 5.91 Å². The number of nitrogens with one attached hydrogen (secondary N) is 1. The molecule has 0 aromatic heterocycles. The van der Waals surface area contributed by atoms with Crippen molar-refractivity contribution in [2.24, 2.45) is 5.73 Å². The average molecular weight is 282 g/mol. The SMILES string of the molecule is COc1cc(OC)c(C(=O)NCCCCN)cc1OC. The normalized spacial score (nSPS) is 10.0. The predicted molar refractivity (Wildman–Crippen MR) is 76.7 cm³/mol. The molecule has 1 amide bonds. The Morgan fingerprint density at radius 1 is 1.05 bits per heavy atom. The maximum absolute atomic E-state index is 12.1. The van der Waals surface area contributed by atoms with Gasteiger partial charge in [-0.2, -0.15) is 0 Å². The molecule has 1 rings (SSSR count). The summed E-state index contributed by atoms with van der Waals surface area (Å²) < 4.78 is 15.6. The lowest BCUT2D eigenvalue weighted by Gasteiger charge is -2.14. The molecule has 1 aromatic carbocycles. The van der Waals surface area contributed by atoms with Gasteiger partial charge >= 0.3 is 0 Å². The first kappa shape index (κ1) is 16.1. The molecule has 20 heavy (non-hydrogen) atoms. The van der Waals surface area contributed by atoms with E-state index in [2.05, 4.69) is 5.32 Å². The van der Waals surface area contributed by atoms with Crippen LogP contribution in [0, 0.1) is 0 Å². The highest BCUT2D eigenvalue weighted by molar-refractivity contribution is 5.97. The van der Waals surface area contributed by atoms with Crippen molar-refractivity contribution in [1.29, 1.82) is 0 Å². The van der Waals surface area contributed by atoms with E-state index in [1.54, 1.807) is 12.1 Å². The van der Waals surface area contributed by atoms with E-state index in [0.29, 0.717) is 35.9 Å². The third-order valence-electron chi connectivity index (χ3n) is 2.87. The Bertz CT molecular complexity index is 449. The fraction of sp³-hybridized carbons (Fsp3) is 0.500. The summed E-state index contributed by atoms with van der Waals surface area (Å²) >= 11 is 0. The van der Waals surface area contributed by atoms with Crippen LogP contribution in [0.3, 0.4) is 0 Å². The van der Waals surface area contributed by atoms with Crippen molar-refractivity contribution < 1.29 is 19.0 Å². The van der Waals surface area contributed by atoms with Gasteiger partial charge in [0.1, 0.15) is 5.75 Å². The van der Waals surface area contributed by atoms with Gasteiger partial charge in [0.15, 0.2) is 11.5 Å². The Kier molecular flexibility index (Phi) is 6.66. The number of unbranched alkanes of at least 4 members (excludes halogenated alkanes) is 1. The number of hydrogen-bond donors (Lipinski definition) is 2. The molecule has 112 valence electrons. The maximum Gasteiger partial charge on any atom is 0.255 e. The summed E-state index contributed by atoms with van der Waals surface area (Å²) in [6.07, 6.45) is 1.72. The Labute approximate surface area is 119 Å². The molecule has 0 bridgehead atoms. The van der Waals surface area contributed by atoms with Crippen molar-refractivity contribution in [2.45, 2.75) is 12.8 Å². The highest BCUT2D eigenvalue weighted by atomic mass is 16.5. The van der Waals surface area contributed by atoms with Crippen molar-refractivity contribution in [3.8, 4) is 17.2 Å². The van der Waals surface area contributed by atoms with Gasteiger partial charge in [-0.05, 0) is 19.4 Å². The molecule has 0 saturated heterocycles. The van der Waals surface area contributed by atoms with E-state index >= 15 is 0 Å². The van der Waals surface area contributed by atoms with Crippen molar-refractivity contribution in [3.05, 3.63) is 17.7 Å². The second-order valence-corrected chi connectivity index (χ2v) is 4.16. The molecule has 0 aliphatic heterocycles. The third kappa shape index (κ3) is 4.03. The van der Waals surface area contributed by atoms with Crippen LogP contribution < -0.4 is 25.3 Å². The highest BCUT2D eigenvalue weighted by Crippen LogP contribution is 2.34. The van der Waals surface area contributed by atoms with Crippen LogP contribution in [0.4, 0.5) is 0 Å². The molecule has 0 unspecified atom stereocenters. The highest BCUT2D eigenvalue weighted by Gasteiger charge is 2.17. The molecule has 0 heterocycles. The number of ether oxygens (including phenoxy) is 3. The molecule has 0 fully saturated rings. The van der Waals surface area contributed by atoms with Gasteiger partial charge in [0, 0.05) is 18.7 Å². The summed E-state index contributed by atoms with van der Waals surface area (Å²) in [4.78, 5) is 12.1. The summed E-state index contributed by atoms with van der Waals surface area (Å²) in [5.74, 6) is 1.24. The number of hydrogen-bond acceptors (Lipinski definition) is 5. The topological polar surface area (TPSA) is 82.8 Å². The summed E-state index contributed by atoms with van der Waals surface area (Å²) in [7, 11) is 4.56. The minimum absolute atomic E-state index is 0.208. The Balaban J connectivity index is 2.89. The molecular weight excluding hydrogens is 260 g/mol. The van der Waals surface area contributed by atoms with Crippen LogP contribution in [0.5, 0.6) is 17.2 Å². The Morgan fingerprint density at radius 2 is 1.65 bits per heavy atom. The molecule has 0 atom stereocenters. The van der Waals surface area contributed by atoms with E-state index in [4.69, 9.17) is 19.9 Å². The van der Waals surface area contributed by atoms with Crippen molar-refractivity contribution in [2.75, 3.05) is 34.4 Å². The summed E-state index contributed by atoms with van der Waals surface area (Å²) in [6, 6.07) is 3.24. The van der Waals surface area contributed by atoms with Crippen LogP contribution >= 0.6 is 0 Å². The van der Waals surface area contributed by atoms with E-state index < -0.39 is 0 Å². The van der Waals surface area contributed by atoms with Crippen LogP contribution in [0.2, 0.25) is 0 Å². The zero-order valence-corrected chi connectivity index (χ0v) is 12.2. The second-order valence-electron chi connectivity index (χ2n) is 4.16. The lowest BCUT2D eigenvalue weighted by Crippen LogP contribution is -2.25. The zero-order valence-electron chi connectivity index (χ0n) is 12.2. The first-order chi connectivity index (χ1) is 9.67. The number of amides is 1. The minimum Gasteiger partial charge on any atom is -0.496 e. The first-order valence-electron chi connectivity index (χ1n) is 6.46. The van der Waals surface area contributed by atoms with E-state index in [-0.39, 0.29) is 5.91 Å². The standard InChI is InChI=1S/C14H22N2O4/c1-18-11-9-13(20-3)12(19-2)8-10(11)14(17)16-7-5-4-6-15/h8-9H,4-7,15H2,1-3H3,(H,16,17). The predicted octanol–water partition coefficient (Wildman–Crippen LogP) is 1.18. The molecule has 6 nitrogen and oxygen atoms in total. The van der Waals surface area contributed by atoms with Gasteiger partial charge in [-0.3, -0.25) is 4.79 Å². The van der Waals surface area contributed by atoms with Gasteiger partial charge in [-0.15, -0.1) is 0 Å². The fourth-order valence-electron chi connectivity index (χ4n) is 1.77. The van der Waals surface area contributed by atoms with Gasteiger partial charge < -0.3 is 25.3 Å². The van der Waals surface area contributed by atoms with Gasteiger partial charge in [0.05, 0.1) is 26.9 Å². The monoisotopic (exact) mass is 282 g/mol. The summed E-state index contributed by atoms with van der Waals surface area (Å²) in [5, 5.41) is 2.83. The lowest BCUT2D eigenvalue weighted by atomic mass is 10.1. The molecule has 1 aromatic rings. The van der Waals surface area contributed by atoms with Crippen LogP contribution in [-0.2, 0) is 0 Å².